The topological polar surface area (TPSA) is 137 Å². The fourth-order valence-electron chi connectivity index (χ4n) is 14.2. The molecule has 2 fully saturated rings. The zero-order valence-electron chi connectivity index (χ0n) is 34.6. The molecule has 4 aromatic rings. The molecular formula is C49H55N3O8. The van der Waals surface area contributed by atoms with Gasteiger partial charge < -0.3 is 39.2 Å². The zero-order chi connectivity index (χ0) is 40.9. The average Bonchev–Trinajstić information content (AvgIpc) is 3.87. The highest BCUT2D eigenvalue weighted by molar-refractivity contribution is 5.73. The fraction of sp³-hybridized carbons (Fsp3) is 0.531. The molecule has 0 saturated carbocycles. The number of rotatable bonds is 10. The smallest absolute Gasteiger partial charge is 0.326 e. The van der Waals surface area contributed by atoms with Crippen LogP contribution in [0, 0.1) is 0 Å². The normalized spacial score (nSPS) is 33.3. The standard InChI is InChI=1S/C49H55N3O8/c1-3-5-18-50-20-16-46-38-29-12-14-33(53)42(38)59-44(46)40-31(24-48(46,56)35(50)22-29)32-25-49(57)36-23-30-13-15-34(54)43-39(30)47(49,17-21-51(36)19-6-4-2)45(60-43)41(32)52(40)26-37(55)58-27-28-10-8-7-9-11-28/h7-15,35-36,44-45,53-54,56-57H,3-6,16-27H2,1-2H3/t35-,36+,44-,45-,46-,47-,48+,49+/m0/s1. The summed E-state index contributed by atoms with van der Waals surface area (Å²) in [6.07, 6.45) is 5.82. The molecule has 2 saturated heterocycles. The number of benzene rings is 3. The van der Waals surface area contributed by atoms with E-state index in [1.807, 2.05) is 42.5 Å². The van der Waals surface area contributed by atoms with Gasteiger partial charge in [0.1, 0.15) is 13.2 Å². The number of likely N-dealkylation sites (tertiary alicyclic amines) is 2. The Morgan fingerprint density at radius 3 is 1.72 bits per heavy atom. The first kappa shape index (κ1) is 37.2. The molecule has 60 heavy (non-hydrogen) atoms. The monoisotopic (exact) mass is 813 g/mol. The predicted octanol–water partition coefficient (Wildman–Crippen LogP) is 5.82. The summed E-state index contributed by atoms with van der Waals surface area (Å²) in [6.45, 7) is 7.70. The molecule has 4 aliphatic carbocycles. The van der Waals surface area contributed by atoms with E-state index >= 15 is 0 Å². The molecule has 8 atom stereocenters. The number of hydrogen-bond acceptors (Lipinski definition) is 10. The minimum absolute atomic E-state index is 0.0520. The summed E-state index contributed by atoms with van der Waals surface area (Å²) in [5.74, 6) is 0.538. The summed E-state index contributed by atoms with van der Waals surface area (Å²) < 4.78 is 22.4. The molecule has 1 aromatic heterocycles. The lowest BCUT2D eigenvalue weighted by atomic mass is 9.47. The third-order valence-corrected chi connectivity index (χ3v) is 16.7. The largest absolute Gasteiger partial charge is 0.504 e. The molecule has 12 rings (SSSR count). The lowest BCUT2D eigenvalue weighted by Crippen LogP contribution is -2.75. The third kappa shape index (κ3) is 4.42. The average molecular weight is 814 g/mol. The van der Waals surface area contributed by atoms with E-state index in [4.69, 9.17) is 14.2 Å². The van der Waals surface area contributed by atoms with Crippen molar-refractivity contribution in [1.82, 2.24) is 14.4 Å². The molecule has 8 aliphatic rings. The number of ether oxygens (including phenoxy) is 3. The van der Waals surface area contributed by atoms with Crippen molar-refractivity contribution in [3.05, 3.63) is 105 Å². The molecule has 4 bridgehead atoms. The highest BCUT2D eigenvalue weighted by atomic mass is 16.5. The van der Waals surface area contributed by atoms with Crippen molar-refractivity contribution in [1.29, 1.82) is 0 Å². The first-order valence-electron chi connectivity index (χ1n) is 22.5. The number of aliphatic hydroxyl groups is 2. The van der Waals surface area contributed by atoms with Crippen LogP contribution in [0.3, 0.4) is 0 Å². The number of fused-ring (bicyclic) bond motifs is 5. The summed E-state index contributed by atoms with van der Waals surface area (Å²) >= 11 is 0. The maximum absolute atomic E-state index is 14.4. The van der Waals surface area contributed by atoms with Gasteiger partial charge in [-0.1, -0.05) is 69.2 Å². The second-order valence-corrected chi connectivity index (χ2v) is 19.2. The number of carbonyl (C=O) groups excluding carboxylic acids is 1. The third-order valence-electron chi connectivity index (χ3n) is 16.7. The van der Waals surface area contributed by atoms with Crippen molar-refractivity contribution < 1.29 is 39.4 Å². The van der Waals surface area contributed by atoms with Gasteiger partial charge in [-0.05, 0) is 105 Å². The Balaban J connectivity index is 1.09. The van der Waals surface area contributed by atoms with E-state index in [9.17, 15) is 25.2 Å². The molecule has 4 aliphatic heterocycles. The summed E-state index contributed by atoms with van der Waals surface area (Å²) in [7, 11) is 0. The minimum atomic E-state index is -1.27. The molecule has 5 heterocycles. The van der Waals surface area contributed by atoms with Crippen molar-refractivity contribution in [2.45, 2.75) is 138 Å². The second kappa shape index (κ2) is 12.8. The van der Waals surface area contributed by atoms with Crippen LogP contribution in [0.4, 0.5) is 0 Å². The Kier molecular flexibility index (Phi) is 7.91. The number of unbranched alkanes of at least 4 members (excludes halogenated alkanes) is 2. The molecule has 11 heteroatoms. The van der Waals surface area contributed by atoms with Crippen LogP contribution in [-0.4, -0.2) is 90.2 Å². The SMILES string of the molecule is CCCCN1CC[C@]23c4c5ccc(O)c4O[C@H]2c2c(c4c(n2CC(=O)OCc2ccccc2)[C@@H]2Oc6c(O)ccc7c6[C@@]26CCN(CCCC)[C@H](C7)[C@]6(O)C4)C[C@@]3(O)[C@@H]1C5. The molecule has 314 valence electrons. The Bertz CT molecular complexity index is 2330. The number of aromatic hydroxyl groups is 2. The number of piperidine rings is 2. The van der Waals surface area contributed by atoms with Crippen LogP contribution in [0.15, 0.2) is 54.6 Å². The van der Waals surface area contributed by atoms with Gasteiger partial charge >= 0.3 is 5.97 Å². The summed E-state index contributed by atoms with van der Waals surface area (Å²) in [5.41, 5.74) is 3.95. The summed E-state index contributed by atoms with van der Waals surface area (Å²) in [4.78, 5) is 19.3. The van der Waals surface area contributed by atoms with E-state index in [2.05, 4.69) is 28.2 Å². The van der Waals surface area contributed by atoms with Gasteiger partial charge in [0.05, 0.1) is 33.4 Å². The van der Waals surface area contributed by atoms with E-state index in [1.54, 1.807) is 12.1 Å². The van der Waals surface area contributed by atoms with Crippen LogP contribution < -0.4 is 9.47 Å². The van der Waals surface area contributed by atoms with Crippen LogP contribution in [0.25, 0.3) is 0 Å². The Morgan fingerprint density at radius 2 is 1.23 bits per heavy atom. The maximum Gasteiger partial charge on any atom is 0.326 e. The van der Waals surface area contributed by atoms with Gasteiger partial charge in [0.2, 0.25) is 0 Å². The summed E-state index contributed by atoms with van der Waals surface area (Å²) in [5, 5.41) is 50.7. The van der Waals surface area contributed by atoms with Crippen LogP contribution in [0.1, 0.15) is 115 Å². The lowest BCUT2D eigenvalue weighted by Gasteiger charge is -2.63. The Hall–Kier alpha value is -4.55. The van der Waals surface area contributed by atoms with E-state index in [-0.39, 0.29) is 36.7 Å². The van der Waals surface area contributed by atoms with Crippen LogP contribution in [-0.2, 0) is 59.2 Å². The van der Waals surface area contributed by atoms with Gasteiger partial charge in [0, 0.05) is 36.1 Å². The second-order valence-electron chi connectivity index (χ2n) is 19.2. The molecule has 11 nitrogen and oxygen atoms in total. The molecule has 4 N–H and O–H groups in total. The van der Waals surface area contributed by atoms with Crippen molar-refractivity contribution >= 4 is 5.97 Å². The number of esters is 1. The molecule has 0 amide bonds. The molecule has 3 aromatic carbocycles. The van der Waals surface area contributed by atoms with Crippen molar-refractivity contribution in [2.75, 3.05) is 26.2 Å². The van der Waals surface area contributed by atoms with Crippen LogP contribution in [0.2, 0.25) is 0 Å². The van der Waals surface area contributed by atoms with Gasteiger partial charge in [-0.15, -0.1) is 0 Å². The van der Waals surface area contributed by atoms with Gasteiger partial charge in [-0.2, -0.15) is 0 Å². The van der Waals surface area contributed by atoms with Gasteiger partial charge in [0.25, 0.3) is 0 Å². The van der Waals surface area contributed by atoms with Crippen LogP contribution in [0.5, 0.6) is 23.0 Å². The zero-order valence-corrected chi connectivity index (χ0v) is 34.6. The number of aromatic nitrogens is 1. The molecule has 0 radical (unpaired) electrons. The van der Waals surface area contributed by atoms with Gasteiger partial charge in [0.15, 0.2) is 35.2 Å². The number of carbonyl (C=O) groups is 1. The minimum Gasteiger partial charge on any atom is -0.504 e. The number of phenols is 2. The number of nitrogens with zero attached hydrogens (tertiary/aromatic N) is 3. The first-order chi connectivity index (χ1) is 29.1. The van der Waals surface area contributed by atoms with E-state index in [1.165, 1.54) is 0 Å². The van der Waals surface area contributed by atoms with Crippen molar-refractivity contribution in [3.8, 4) is 23.0 Å². The van der Waals surface area contributed by atoms with E-state index in [0.29, 0.717) is 50.0 Å². The molecular weight excluding hydrogens is 759 g/mol. The van der Waals surface area contributed by atoms with Gasteiger partial charge in [-0.3, -0.25) is 14.6 Å². The summed E-state index contributed by atoms with van der Waals surface area (Å²) in [6, 6.07) is 16.7. The maximum atomic E-state index is 14.4. The Labute approximate surface area is 350 Å². The highest BCUT2D eigenvalue weighted by Crippen LogP contribution is 2.73. The first-order valence-corrected chi connectivity index (χ1v) is 22.5. The number of phenolic OH excluding ortho intramolecular Hbond substituents is 2. The number of hydrogen-bond donors (Lipinski definition) is 4. The van der Waals surface area contributed by atoms with Gasteiger partial charge in [-0.25, -0.2) is 0 Å². The molecule has 0 unspecified atom stereocenters. The Morgan fingerprint density at radius 1 is 0.733 bits per heavy atom. The van der Waals surface area contributed by atoms with Crippen molar-refractivity contribution in [2.24, 2.45) is 0 Å². The van der Waals surface area contributed by atoms with E-state index in [0.717, 1.165) is 102 Å². The fourth-order valence-corrected chi connectivity index (χ4v) is 14.2. The lowest BCUT2D eigenvalue weighted by molar-refractivity contribution is -0.175. The highest BCUT2D eigenvalue weighted by Gasteiger charge is 2.77. The van der Waals surface area contributed by atoms with Crippen molar-refractivity contribution in [3.63, 3.8) is 0 Å². The predicted molar refractivity (Wildman–Crippen MR) is 221 cm³/mol. The molecule has 2 spiro atoms. The van der Waals surface area contributed by atoms with Crippen LogP contribution >= 0.6 is 0 Å². The van der Waals surface area contributed by atoms with E-state index < -0.39 is 40.2 Å². The quantitative estimate of drug-likeness (QED) is 0.145.